The summed E-state index contributed by atoms with van der Waals surface area (Å²) in [6.45, 7) is 0. The Morgan fingerprint density at radius 3 is 2.29 bits per heavy atom. The van der Waals surface area contributed by atoms with E-state index in [1.54, 1.807) is 0 Å². The minimum Gasteiger partial charge on any atom is -0.355 e. The lowest BCUT2D eigenvalue weighted by atomic mass is 10.2. The van der Waals surface area contributed by atoms with Crippen LogP contribution in [-0.4, -0.2) is 6.41 Å². The predicted octanol–water partition coefficient (Wildman–Crippen LogP) is 3.65. The highest BCUT2D eigenvalue weighted by molar-refractivity contribution is 6.30. The van der Waals surface area contributed by atoms with Gasteiger partial charge < -0.3 is 10.6 Å². The molecule has 2 aromatic rings. The molecule has 2 aromatic carbocycles. The summed E-state index contributed by atoms with van der Waals surface area (Å²) in [5, 5.41) is 6.48. The van der Waals surface area contributed by atoms with Crippen LogP contribution >= 0.6 is 11.6 Å². The van der Waals surface area contributed by atoms with Crippen molar-refractivity contribution in [3.8, 4) is 0 Å². The molecule has 0 unspecified atom stereocenters. The maximum Gasteiger partial charge on any atom is 0.211 e. The van der Waals surface area contributed by atoms with E-state index in [1.807, 2.05) is 48.5 Å². The van der Waals surface area contributed by atoms with Crippen molar-refractivity contribution in [3.63, 3.8) is 0 Å². The number of benzene rings is 2. The summed E-state index contributed by atoms with van der Waals surface area (Å²) in [6, 6.07) is 14.9. The Balaban J connectivity index is 2.18. The summed E-state index contributed by atoms with van der Waals surface area (Å²) in [5.41, 5.74) is 2.53. The van der Waals surface area contributed by atoms with E-state index in [2.05, 4.69) is 10.6 Å². The molecule has 0 bridgehead atoms. The second-order valence-corrected chi connectivity index (χ2v) is 3.91. The summed E-state index contributed by atoms with van der Waals surface area (Å²) in [4.78, 5) is 10.3. The molecule has 0 aliphatic carbocycles. The second-order valence-electron chi connectivity index (χ2n) is 3.48. The Morgan fingerprint density at radius 2 is 1.59 bits per heavy atom. The highest BCUT2D eigenvalue weighted by Crippen LogP contribution is 2.22. The molecule has 0 saturated heterocycles. The van der Waals surface area contributed by atoms with Crippen molar-refractivity contribution < 1.29 is 4.79 Å². The molecule has 1 amide bonds. The molecule has 17 heavy (non-hydrogen) atoms. The highest BCUT2D eigenvalue weighted by atomic mass is 35.5. The van der Waals surface area contributed by atoms with Crippen molar-refractivity contribution in [3.05, 3.63) is 53.6 Å². The number of anilines is 3. The van der Waals surface area contributed by atoms with Gasteiger partial charge in [-0.15, -0.1) is 0 Å². The van der Waals surface area contributed by atoms with Crippen molar-refractivity contribution in [1.29, 1.82) is 0 Å². The third-order valence-corrected chi connectivity index (χ3v) is 2.44. The lowest BCUT2D eigenvalue weighted by Gasteiger charge is -2.08. The van der Waals surface area contributed by atoms with Crippen molar-refractivity contribution in [2.45, 2.75) is 0 Å². The number of nitrogens with one attached hydrogen (secondary N) is 2. The van der Waals surface area contributed by atoms with Crippen LogP contribution in [0.1, 0.15) is 0 Å². The normalized spacial score (nSPS) is 9.71. The van der Waals surface area contributed by atoms with Crippen LogP contribution in [-0.2, 0) is 4.79 Å². The van der Waals surface area contributed by atoms with Gasteiger partial charge in [0.2, 0.25) is 6.41 Å². The van der Waals surface area contributed by atoms with E-state index in [0.29, 0.717) is 11.4 Å². The molecule has 4 heteroatoms. The number of amides is 1. The molecule has 0 spiro atoms. The fraction of sp³-hybridized carbons (Fsp3) is 0. The third kappa shape index (κ3) is 3.23. The van der Waals surface area contributed by atoms with Crippen molar-refractivity contribution in [1.82, 2.24) is 0 Å². The van der Waals surface area contributed by atoms with Gasteiger partial charge in [0.05, 0.1) is 0 Å². The quantitative estimate of drug-likeness (QED) is 0.809. The molecule has 0 aliphatic heterocycles. The van der Waals surface area contributed by atoms with Crippen LogP contribution in [0.4, 0.5) is 17.1 Å². The second kappa shape index (κ2) is 5.37. The molecule has 3 nitrogen and oxygen atoms in total. The van der Waals surface area contributed by atoms with Crippen molar-refractivity contribution in [2.75, 3.05) is 10.6 Å². The van der Waals surface area contributed by atoms with E-state index in [0.717, 1.165) is 17.1 Å². The number of carbonyl (C=O) groups is 1. The molecule has 0 heterocycles. The van der Waals surface area contributed by atoms with Crippen molar-refractivity contribution in [2.24, 2.45) is 0 Å². The summed E-state index contributed by atoms with van der Waals surface area (Å²) < 4.78 is 0. The first-order valence-electron chi connectivity index (χ1n) is 5.11. The standard InChI is InChI=1S/C13H11ClN2O/c14-10-3-1-5-12(7-10)16-13-6-2-4-11(8-13)15-9-17/h1-9,16H,(H,15,17). The van der Waals surface area contributed by atoms with Crippen LogP contribution < -0.4 is 10.6 Å². The molecule has 0 radical (unpaired) electrons. The van der Waals surface area contributed by atoms with Gasteiger partial charge in [0.15, 0.2) is 0 Å². The third-order valence-electron chi connectivity index (χ3n) is 2.20. The van der Waals surface area contributed by atoms with Crippen LogP contribution in [0.3, 0.4) is 0 Å². The number of hydrogen-bond donors (Lipinski definition) is 2. The molecule has 0 aliphatic rings. The summed E-state index contributed by atoms with van der Waals surface area (Å²) in [6.07, 6.45) is 0.651. The van der Waals surface area contributed by atoms with Crippen LogP contribution in [0.2, 0.25) is 5.02 Å². The molecular formula is C13H11ClN2O. The molecule has 2 N–H and O–H groups in total. The Bertz CT molecular complexity index is 528. The lowest BCUT2D eigenvalue weighted by molar-refractivity contribution is -0.105. The Morgan fingerprint density at radius 1 is 0.941 bits per heavy atom. The molecule has 0 fully saturated rings. The van der Waals surface area contributed by atoms with E-state index < -0.39 is 0 Å². The summed E-state index contributed by atoms with van der Waals surface area (Å²) >= 11 is 5.89. The number of halogens is 1. The summed E-state index contributed by atoms with van der Waals surface area (Å²) in [7, 11) is 0. The van der Waals surface area contributed by atoms with Crippen LogP contribution in [0, 0.1) is 0 Å². The molecule has 0 saturated carbocycles. The molecule has 0 aromatic heterocycles. The van der Waals surface area contributed by atoms with E-state index in [1.165, 1.54) is 0 Å². The van der Waals surface area contributed by atoms with E-state index >= 15 is 0 Å². The maximum absolute atomic E-state index is 10.3. The van der Waals surface area contributed by atoms with Gasteiger partial charge >= 0.3 is 0 Å². The largest absolute Gasteiger partial charge is 0.355 e. The van der Waals surface area contributed by atoms with Crippen LogP contribution in [0.15, 0.2) is 48.5 Å². The Hall–Kier alpha value is -2.00. The minimum atomic E-state index is 0.651. The first kappa shape index (κ1) is 11.5. The first-order chi connectivity index (χ1) is 8.28. The lowest BCUT2D eigenvalue weighted by Crippen LogP contribution is -1.95. The molecule has 86 valence electrons. The minimum absolute atomic E-state index is 0.651. The van der Waals surface area contributed by atoms with Crippen LogP contribution in [0.25, 0.3) is 0 Å². The monoisotopic (exact) mass is 246 g/mol. The smallest absolute Gasteiger partial charge is 0.211 e. The average molecular weight is 247 g/mol. The van der Waals surface area contributed by atoms with Gasteiger partial charge in [-0.2, -0.15) is 0 Å². The maximum atomic E-state index is 10.3. The van der Waals surface area contributed by atoms with E-state index in [-0.39, 0.29) is 0 Å². The number of rotatable bonds is 4. The van der Waals surface area contributed by atoms with Crippen LogP contribution in [0.5, 0.6) is 0 Å². The van der Waals surface area contributed by atoms with Gasteiger partial charge in [-0.05, 0) is 36.4 Å². The Labute approximate surface area is 104 Å². The average Bonchev–Trinajstić information content (AvgIpc) is 2.30. The van der Waals surface area contributed by atoms with E-state index in [9.17, 15) is 4.79 Å². The van der Waals surface area contributed by atoms with Gasteiger partial charge in [0, 0.05) is 22.1 Å². The van der Waals surface area contributed by atoms with Gasteiger partial charge in [-0.25, -0.2) is 0 Å². The summed E-state index contributed by atoms with van der Waals surface area (Å²) in [5.74, 6) is 0. The van der Waals surface area contributed by atoms with Crippen molar-refractivity contribution >= 4 is 35.1 Å². The van der Waals surface area contributed by atoms with Gasteiger partial charge in [-0.1, -0.05) is 23.7 Å². The molecule has 0 atom stereocenters. The van der Waals surface area contributed by atoms with Gasteiger partial charge in [0.25, 0.3) is 0 Å². The fourth-order valence-electron chi connectivity index (χ4n) is 1.49. The first-order valence-corrected chi connectivity index (χ1v) is 5.48. The van der Waals surface area contributed by atoms with Gasteiger partial charge in [-0.3, -0.25) is 4.79 Å². The number of hydrogen-bond acceptors (Lipinski definition) is 2. The molecule has 2 rings (SSSR count). The highest BCUT2D eigenvalue weighted by Gasteiger charge is 1.97. The Kier molecular flexibility index (Phi) is 3.62. The topological polar surface area (TPSA) is 41.1 Å². The molecular weight excluding hydrogens is 236 g/mol. The zero-order valence-electron chi connectivity index (χ0n) is 8.98. The number of carbonyl (C=O) groups excluding carboxylic acids is 1. The van der Waals surface area contributed by atoms with Gasteiger partial charge in [0.1, 0.15) is 0 Å². The SMILES string of the molecule is O=CNc1cccc(Nc2cccc(Cl)c2)c1. The fourth-order valence-corrected chi connectivity index (χ4v) is 1.68. The zero-order chi connectivity index (χ0) is 12.1. The zero-order valence-corrected chi connectivity index (χ0v) is 9.74. The predicted molar refractivity (Wildman–Crippen MR) is 70.9 cm³/mol. The van der Waals surface area contributed by atoms with E-state index in [4.69, 9.17) is 11.6 Å².